The Morgan fingerprint density at radius 2 is 1.79 bits per heavy atom. The number of primary sulfonamides is 1. The molecule has 1 saturated heterocycles. The number of benzene rings is 2. The quantitative estimate of drug-likeness (QED) is 0.606. The van der Waals surface area contributed by atoms with Crippen molar-refractivity contribution in [3.63, 3.8) is 0 Å². The second-order valence-corrected chi connectivity index (χ2v) is 9.32. The molecule has 0 radical (unpaired) electrons. The summed E-state index contributed by atoms with van der Waals surface area (Å²) in [5.74, 6) is 0. The molecule has 1 fully saturated rings. The van der Waals surface area contributed by atoms with Crippen molar-refractivity contribution in [2.75, 3.05) is 22.9 Å². The lowest BCUT2D eigenvalue weighted by Gasteiger charge is -2.41. The van der Waals surface area contributed by atoms with Gasteiger partial charge in [0.25, 0.3) is 5.69 Å². The zero-order chi connectivity index (χ0) is 20.8. The fourth-order valence-electron chi connectivity index (χ4n) is 4.62. The van der Waals surface area contributed by atoms with Gasteiger partial charge in [-0.3, -0.25) is 10.1 Å². The standard InChI is InChI=1S/C20H24N4O4S/c1-14-12-15-4-2-3-5-18(15)23(14)16-8-10-22(11-9-16)19-7-6-17(29(21,27)28)13-20(19)24(25)26/h2-7,13-14,16H,8-12H2,1H3,(H2,21,27,28)/t14-/m0/s1. The molecular formula is C20H24N4O4S. The first-order chi connectivity index (χ1) is 13.8. The summed E-state index contributed by atoms with van der Waals surface area (Å²) in [7, 11) is -3.99. The van der Waals surface area contributed by atoms with Crippen LogP contribution >= 0.6 is 0 Å². The molecule has 2 aliphatic heterocycles. The van der Waals surface area contributed by atoms with Crippen molar-refractivity contribution in [2.24, 2.45) is 5.14 Å². The van der Waals surface area contributed by atoms with E-state index in [-0.39, 0.29) is 10.6 Å². The van der Waals surface area contributed by atoms with Crippen molar-refractivity contribution in [3.8, 4) is 0 Å². The molecule has 4 rings (SSSR count). The highest BCUT2D eigenvalue weighted by molar-refractivity contribution is 7.89. The minimum atomic E-state index is -3.99. The highest BCUT2D eigenvalue weighted by Gasteiger charge is 2.34. The van der Waals surface area contributed by atoms with Crippen LogP contribution < -0.4 is 14.9 Å². The van der Waals surface area contributed by atoms with E-state index in [0.717, 1.165) is 25.3 Å². The first-order valence-corrected chi connectivity index (χ1v) is 11.2. The van der Waals surface area contributed by atoms with E-state index in [1.807, 2.05) is 4.90 Å². The van der Waals surface area contributed by atoms with Crippen LogP contribution in [0.4, 0.5) is 17.1 Å². The second kappa shape index (κ2) is 7.31. The summed E-state index contributed by atoms with van der Waals surface area (Å²) in [6, 6.07) is 13.2. The van der Waals surface area contributed by atoms with Crippen LogP contribution in [0.5, 0.6) is 0 Å². The molecule has 1 atom stereocenters. The fraction of sp³-hybridized carbons (Fsp3) is 0.400. The van der Waals surface area contributed by atoms with Crippen LogP contribution in [-0.4, -0.2) is 38.5 Å². The molecule has 29 heavy (non-hydrogen) atoms. The van der Waals surface area contributed by atoms with Gasteiger partial charge in [-0.1, -0.05) is 18.2 Å². The molecule has 0 amide bonds. The zero-order valence-electron chi connectivity index (χ0n) is 16.2. The number of anilines is 2. The van der Waals surface area contributed by atoms with Crippen molar-refractivity contribution >= 4 is 27.1 Å². The molecule has 2 N–H and O–H groups in total. The van der Waals surface area contributed by atoms with Crippen LogP contribution in [0, 0.1) is 10.1 Å². The summed E-state index contributed by atoms with van der Waals surface area (Å²) >= 11 is 0. The molecule has 2 heterocycles. The molecular weight excluding hydrogens is 392 g/mol. The average molecular weight is 417 g/mol. The predicted octanol–water partition coefficient (Wildman–Crippen LogP) is 2.66. The predicted molar refractivity (Wildman–Crippen MR) is 112 cm³/mol. The van der Waals surface area contributed by atoms with E-state index in [1.165, 1.54) is 23.4 Å². The summed E-state index contributed by atoms with van der Waals surface area (Å²) < 4.78 is 23.1. The summed E-state index contributed by atoms with van der Waals surface area (Å²) in [5, 5.41) is 16.7. The average Bonchev–Trinajstić information content (AvgIpc) is 3.02. The first kappa shape index (κ1) is 19.7. The maximum Gasteiger partial charge on any atom is 0.293 e. The summed E-state index contributed by atoms with van der Waals surface area (Å²) in [6.07, 6.45) is 2.80. The van der Waals surface area contributed by atoms with Crippen LogP contribution in [0.15, 0.2) is 47.4 Å². The number of para-hydroxylation sites is 1. The smallest absolute Gasteiger partial charge is 0.293 e. The van der Waals surface area contributed by atoms with Crippen molar-refractivity contribution in [2.45, 2.75) is 43.2 Å². The topological polar surface area (TPSA) is 110 Å². The van der Waals surface area contributed by atoms with E-state index in [2.05, 4.69) is 36.1 Å². The van der Waals surface area contributed by atoms with Crippen LogP contribution in [0.1, 0.15) is 25.3 Å². The fourth-order valence-corrected chi connectivity index (χ4v) is 5.16. The van der Waals surface area contributed by atoms with E-state index in [1.54, 1.807) is 0 Å². The molecule has 2 aliphatic rings. The number of nitro benzene ring substituents is 1. The van der Waals surface area contributed by atoms with Gasteiger partial charge in [0, 0.05) is 36.9 Å². The highest BCUT2D eigenvalue weighted by Crippen LogP contribution is 2.38. The van der Waals surface area contributed by atoms with Crippen molar-refractivity contribution < 1.29 is 13.3 Å². The Kier molecular flexibility index (Phi) is 4.95. The monoisotopic (exact) mass is 416 g/mol. The SMILES string of the molecule is C[C@H]1Cc2ccccc2N1C1CCN(c2ccc(S(N)(=O)=O)cc2[N+](=O)[O-])CC1. The Morgan fingerprint density at radius 1 is 1.10 bits per heavy atom. The number of rotatable bonds is 4. The normalized spacial score (nSPS) is 20.0. The van der Waals surface area contributed by atoms with Crippen molar-refractivity contribution in [1.29, 1.82) is 0 Å². The molecule has 2 aromatic carbocycles. The van der Waals surface area contributed by atoms with Gasteiger partial charge in [-0.25, -0.2) is 13.6 Å². The second-order valence-electron chi connectivity index (χ2n) is 7.76. The molecule has 0 saturated carbocycles. The van der Waals surface area contributed by atoms with E-state index >= 15 is 0 Å². The molecule has 0 aromatic heterocycles. The Balaban J connectivity index is 1.54. The van der Waals surface area contributed by atoms with E-state index in [4.69, 9.17) is 5.14 Å². The Hall–Kier alpha value is -2.65. The minimum absolute atomic E-state index is 0.227. The number of nitro groups is 1. The van der Waals surface area contributed by atoms with Crippen LogP contribution in [0.25, 0.3) is 0 Å². The molecule has 0 unspecified atom stereocenters. The van der Waals surface area contributed by atoms with Crippen molar-refractivity contribution in [1.82, 2.24) is 0 Å². The van der Waals surface area contributed by atoms with Gasteiger partial charge in [0.2, 0.25) is 10.0 Å². The molecule has 9 heteroatoms. The molecule has 0 aliphatic carbocycles. The first-order valence-electron chi connectivity index (χ1n) is 9.68. The number of nitrogens with zero attached hydrogens (tertiary/aromatic N) is 3. The summed E-state index contributed by atoms with van der Waals surface area (Å²) in [6.45, 7) is 3.58. The largest absolute Gasteiger partial charge is 0.366 e. The number of sulfonamides is 1. The molecule has 8 nitrogen and oxygen atoms in total. The van der Waals surface area contributed by atoms with Gasteiger partial charge in [0.05, 0.1) is 9.82 Å². The van der Waals surface area contributed by atoms with Gasteiger partial charge in [0.15, 0.2) is 0 Å². The minimum Gasteiger partial charge on any atom is -0.366 e. The molecule has 0 bridgehead atoms. The third kappa shape index (κ3) is 3.67. The Bertz CT molecular complexity index is 1050. The van der Waals surface area contributed by atoms with E-state index < -0.39 is 14.9 Å². The van der Waals surface area contributed by atoms with E-state index in [0.29, 0.717) is 30.9 Å². The third-order valence-corrected chi connectivity index (χ3v) is 6.84. The van der Waals surface area contributed by atoms with Crippen molar-refractivity contribution in [3.05, 3.63) is 58.1 Å². The Morgan fingerprint density at radius 3 is 2.45 bits per heavy atom. The summed E-state index contributed by atoms with van der Waals surface area (Å²) in [4.78, 5) is 15.2. The maximum absolute atomic E-state index is 11.6. The summed E-state index contributed by atoms with van der Waals surface area (Å²) in [5.41, 5.74) is 2.88. The lowest BCUT2D eigenvalue weighted by molar-refractivity contribution is -0.384. The molecule has 0 spiro atoms. The zero-order valence-corrected chi connectivity index (χ0v) is 17.0. The maximum atomic E-state index is 11.6. The van der Waals surface area contributed by atoms with E-state index in [9.17, 15) is 18.5 Å². The van der Waals surface area contributed by atoms with Gasteiger partial charge >= 0.3 is 0 Å². The number of hydrogen-bond acceptors (Lipinski definition) is 6. The highest BCUT2D eigenvalue weighted by atomic mass is 32.2. The number of hydrogen-bond donors (Lipinski definition) is 1. The van der Waals surface area contributed by atoms with Gasteiger partial charge < -0.3 is 9.80 Å². The number of fused-ring (bicyclic) bond motifs is 1. The van der Waals surface area contributed by atoms with Gasteiger partial charge in [0.1, 0.15) is 5.69 Å². The number of piperidine rings is 1. The Labute approximate surface area is 170 Å². The van der Waals surface area contributed by atoms with Gasteiger partial charge in [-0.05, 0) is 49.9 Å². The lowest BCUT2D eigenvalue weighted by atomic mass is 10.0. The van der Waals surface area contributed by atoms with Crippen LogP contribution in [0.2, 0.25) is 0 Å². The van der Waals surface area contributed by atoms with Gasteiger partial charge in [-0.2, -0.15) is 0 Å². The molecule has 154 valence electrons. The van der Waals surface area contributed by atoms with Gasteiger partial charge in [-0.15, -0.1) is 0 Å². The third-order valence-electron chi connectivity index (χ3n) is 5.93. The molecule has 2 aromatic rings. The lowest BCUT2D eigenvalue weighted by Crippen LogP contribution is -2.47. The van der Waals surface area contributed by atoms with Crippen LogP contribution in [0.3, 0.4) is 0 Å². The number of nitrogens with two attached hydrogens (primary N) is 1. The van der Waals surface area contributed by atoms with Crippen LogP contribution in [-0.2, 0) is 16.4 Å².